The zero-order chi connectivity index (χ0) is 11.2. The number of nitrogens with one attached hydrogen (secondary N) is 1. The number of ether oxygens (including phenoxy) is 1. The first kappa shape index (κ1) is 13.8. The summed E-state index contributed by atoms with van der Waals surface area (Å²) in [5.74, 6) is 0. The van der Waals surface area contributed by atoms with Gasteiger partial charge in [-0.3, -0.25) is 0 Å². The first-order valence-electron chi connectivity index (χ1n) is 5.12. The highest BCUT2D eigenvalue weighted by Gasteiger charge is 2.16. The number of rotatable bonds is 7. The van der Waals surface area contributed by atoms with E-state index in [1.807, 2.05) is 27.7 Å². The highest BCUT2D eigenvalue weighted by atomic mass is 16.5. The summed E-state index contributed by atoms with van der Waals surface area (Å²) in [7, 11) is 0. The lowest BCUT2D eigenvalue weighted by atomic mass is 10.1. The normalized spacial score (nSPS) is 14.8. The summed E-state index contributed by atoms with van der Waals surface area (Å²) < 4.78 is 5.28. The van der Waals surface area contributed by atoms with E-state index in [1.165, 1.54) is 0 Å². The van der Waals surface area contributed by atoms with Gasteiger partial charge in [-0.1, -0.05) is 0 Å². The molecule has 0 saturated heterocycles. The van der Waals surface area contributed by atoms with Crippen molar-refractivity contribution in [2.24, 2.45) is 5.73 Å². The lowest BCUT2D eigenvalue weighted by Gasteiger charge is -2.26. The Morgan fingerprint density at radius 2 is 2.00 bits per heavy atom. The molecule has 4 N–H and O–H groups in total. The van der Waals surface area contributed by atoms with Crippen LogP contribution in [0.2, 0.25) is 0 Å². The van der Waals surface area contributed by atoms with E-state index in [2.05, 4.69) is 5.32 Å². The van der Waals surface area contributed by atoms with E-state index >= 15 is 0 Å². The molecule has 0 aromatic heterocycles. The highest BCUT2D eigenvalue weighted by Crippen LogP contribution is 1.99. The fourth-order valence-electron chi connectivity index (χ4n) is 0.829. The number of nitrogens with two attached hydrogens (primary N) is 1. The van der Waals surface area contributed by atoms with Gasteiger partial charge >= 0.3 is 0 Å². The molecule has 86 valence electrons. The molecule has 0 aliphatic heterocycles. The van der Waals surface area contributed by atoms with Crippen LogP contribution in [-0.4, -0.2) is 42.5 Å². The average molecular weight is 204 g/mol. The van der Waals surface area contributed by atoms with Crippen LogP contribution in [0.4, 0.5) is 0 Å². The molecular formula is C10H24N2O2. The third kappa shape index (κ3) is 7.26. The molecule has 0 aromatic rings. The van der Waals surface area contributed by atoms with Gasteiger partial charge in [0.2, 0.25) is 0 Å². The quantitative estimate of drug-likeness (QED) is 0.550. The zero-order valence-electron chi connectivity index (χ0n) is 9.71. The predicted molar refractivity (Wildman–Crippen MR) is 58.2 cm³/mol. The Labute approximate surface area is 86.8 Å². The van der Waals surface area contributed by atoms with Crippen molar-refractivity contribution in [3.8, 4) is 0 Å². The number of aliphatic hydroxyl groups excluding tert-OH is 1. The van der Waals surface area contributed by atoms with Crippen LogP contribution in [0.15, 0.2) is 0 Å². The van der Waals surface area contributed by atoms with Gasteiger partial charge in [0, 0.05) is 18.6 Å². The second kappa shape index (κ2) is 6.35. The first-order chi connectivity index (χ1) is 6.37. The van der Waals surface area contributed by atoms with Crippen molar-refractivity contribution in [1.29, 1.82) is 0 Å². The van der Waals surface area contributed by atoms with Gasteiger partial charge in [-0.15, -0.1) is 0 Å². The van der Waals surface area contributed by atoms with Gasteiger partial charge in [-0.2, -0.15) is 0 Å². The Morgan fingerprint density at radius 1 is 1.43 bits per heavy atom. The molecule has 0 bridgehead atoms. The largest absolute Gasteiger partial charge is 0.389 e. The third-order valence-corrected chi connectivity index (χ3v) is 1.95. The van der Waals surface area contributed by atoms with E-state index < -0.39 is 6.10 Å². The Bertz CT molecular complexity index is 149. The molecule has 1 atom stereocenters. The zero-order valence-corrected chi connectivity index (χ0v) is 9.71. The molecule has 0 spiro atoms. The smallest absolute Gasteiger partial charge is 0.0898 e. The second-order valence-electron chi connectivity index (χ2n) is 4.50. The SMILES string of the molecule is CC(C)OCC(O)CNC(C)(C)CN. The van der Waals surface area contributed by atoms with Crippen molar-refractivity contribution in [3.63, 3.8) is 0 Å². The molecule has 4 nitrogen and oxygen atoms in total. The molecule has 14 heavy (non-hydrogen) atoms. The van der Waals surface area contributed by atoms with Crippen LogP contribution < -0.4 is 11.1 Å². The summed E-state index contributed by atoms with van der Waals surface area (Å²) in [4.78, 5) is 0. The molecule has 1 unspecified atom stereocenters. The molecule has 0 saturated carbocycles. The van der Waals surface area contributed by atoms with Gasteiger partial charge in [0.05, 0.1) is 18.8 Å². The highest BCUT2D eigenvalue weighted by molar-refractivity contribution is 4.79. The summed E-state index contributed by atoms with van der Waals surface area (Å²) in [5.41, 5.74) is 5.41. The number of aliphatic hydroxyl groups is 1. The monoisotopic (exact) mass is 204 g/mol. The van der Waals surface area contributed by atoms with Crippen LogP contribution in [-0.2, 0) is 4.74 Å². The Hall–Kier alpha value is -0.160. The molecule has 4 heteroatoms. The van der Waals surface area contributed by atoms with Crippen LogP contribution >= 0.6 is 0 Å². The molecule has 0 aliphatic carbocycles. The standard InChI is InChI=1S/C10H24N2O2/c1-8(2)14-6-9(13)5-12-10(3,4)7-11/h8-9,12-13H,5-7,11H2,1-4H3. The average Bonchev–Trinajstić information content (AvgIpc) is 2.11. The molecule has 0 amide bonds. The van der Waals surface area contributed by atoms with Crippen molar-refractivity contribution in [2.45, 2.75) is 45.4 Å². The van der Waals surface area contributed by atoms with E-state index in [1.54, 1.807) is 0 Å². The molecule has 0 radical (unpaired) electrons. The predicted octanol–water partition coefficient (Wildman–Crippen LogP) is 0.0992. The van der Waals surface area contributed by atoms with Crippen molar-refractivity contribution in [3.05, 3.63) is 0 Å². The Kier molecular flexibility index (Phi) is 6.27. The molecule has 0 rings (SSSR count). The summed E-state index contributed by atoms with van der Waals surface area (Å²) in [5, 5.41) is 12.7. The number of hydrogen-bond donors (Lipinski definition) is 3. The minimum absolute atomic E-state index is 0.126. The third-order valence-electron chi connectivity index (χ3n) is 1.95. The van der Waals surface area contributed by atoms with Crippen LogP contribution in [0, 0.1) is 0 Å². The van der Waals surface area contributed by atoms with E-state index in [0.29, 0.717) is 19.7 Å². The van der Waals surface area contributed by atoms with Gasteiger partial charge in [-0.05, 0) is 27.7 Å². The summed E-state index contributed by atoms with van der Waals surface area (Å²) in [6, 6.07) is 0. The van der Waals surface area contributed by atoms with Gasteiger partial charge < -0.3 is 20.9 Å². The lowest BCUT2D eigenvalue weighted by Crippen LogP contribution is -2.49. The molecule has 0 aliphatic rings. The van der Waals surface area contributed by atoms with E-state index in [0.717, 1.165) is 0 Å². The number of hydrogen-bond acceptors (Lipinski definition) is 4. The minimum atomic E-state index is -0.469. The van der Waals surface area contributed by atoms with Gasteiger partial charge in [0.1, 0.15) is 0 Å². The maximum Gasteiger partial charge on any atom is 0.0898 e. The van der Waals surface area contributed by atoms with Gasteiger partial charge in [0.15, 0.2) is 0 Å². The fraction of sp³-hybridized carbons (Fsp3) is 1.00. The van der Waals surface area contributed by atoms with E-state index in [-0.39, 0.29) is 11.6 Å². The van der Waals surface area contributed by atoms with Gasteiger partial charge in [0.25, 0.3) is 0 Å². The maximum atomic E-state index is 9.53. The first-order valence-corrected chi connectivity index (χ1v) is 5.12. The van der Waals surface area contributed by atoms with Crippen LogP contribution in [0.25, 0.3) is 0 Å². The van der Waals surface area contributed by atoms with E-state index in [4.69, 9.17) is 10.5 Å². The number of β-amino-alcohol motifs (C(OH)–C–C–N with tert-alkyl or cyclic N) is 1. The molecular weight excluding hydrogens is 180 g/mol. The van der Waals surface area contributed by atoms with Crippen molar-refractivity contribution < 1.29 is 9.84 Å². The van der Waals surface area contributed by atoms with Crippen molar-refractivity contribution >= 4 is 0 Å². The minimum Gasteiger partial charge on any atom is -0.389 e. The lowest BCUT2D eigenvalue weighted by molar-refractivity contribution is 0.00421. The fourth-order valence-corrected chi connectivity index (χ4v) is 0.829. The topological polar surface area (TPSA) is 67.5 Å². The molecule has 0 heterocycles. The summed E-state index contributed by atoms with van der Waals surface area (Å²) >= 11 is 0. The maximum absolute atomic E-state index is 9.53. The molecule has 0 fully saturated rings. The Balaban J connectivity index is 3.58. The van der Waals surface area contributed by atoms with Gasteiger partial charge in [-0.25, -0.2) is 0 Å². The van der Waals surface area contributed by atoms with E-state index in [9.17, 15) is 5.11 Å². The summed E-state index contributed by atoms with van der Waals surface area (Å²) in [6.07, 6.45) is -0.310. The van der Waals surface area contributed by atoms with Crippen LogP contribution in [0.3, 0.4) is 0 Å². The van der Waals surface area contributed by atoms with Crippen LogP contribution in [0.5, 0.6) is 0 Å². The van der Waals surface area contributed by atoms with Crippen molar-refractivity contribution in [1.82, 2.24) is 5.32 Å². The molecule has 0 aromatic carbocycles. The summed E-state index contributed by atoms with van der Waals surface area (Å²) in [6.45, 7) is 9.33. The van der Waals surface area contributed by atoms with Crippen LogP contribution in [0.1, 0.15) is 27.7 Å². The second-order valence-corrected chi connectivity index (χ2v) is 4.50. The van der Waals surface area contributed by atoms with Crippen molar-refractivity contribution in [2.75, 3.05) is 19.7 Å². The Morgan fingerprint density at radius 3 is 2.43 bits per heavy atom.